The minimum Gasteiger partial charge on any atom is -0.324 e. The van der Waals surface area contributed by atoms with Gasteiger partial charge in [0.15, 0.2) is 0 Å². The number of amides is 2. The van der Waals surface area contributed by atoms with Gasteiger partial charge in [-0.15, -0.1) is 0 Å². The van der Waals surface area contributed by atoms with Gasteiger partial charge in [0, 0.05) is 18.8 Å². The Morgan fingerprint density at radius 3 is 2.67 bits per heavy atom. The lowest BCUT2D eigenvalue weighted by molar-refractivity contribution is -0.137. The zero-order chi connectivity index (χ0) is 15.9. The van der Waals surface area contributed by atoms with Gasteiger partial charge in [-0.3, -0.25) is 0 Å². The van der Waals surface area contributed by atoms with Gasteiger partial charge >= 0.3 is 12.2 Å². The molecular formula is C14H16F3N3O. The van der Waals surface area contributed by atoms with Crippen LogP contribution in [0.15, 0.2) is 24.3 Å². The lowest BCUT2D eigenvalue weighted by atomic mass is 10.2. The molecule has 0 aliphatic rings. The molecule has 0 fully saturated rings. The van der Waals surface area contributed by atoms with E-state index >= 15 is 0 Å². The molecular weight excluding hydrogens is 283 g/mol. The molecule has 1 aromatic carbocycles. The molecule has 0 aromatic heterocycles. The van der Waals surface area contributed by atoms with E-state index in [1.807, 2.05) is 13.0 Å². The van der Waals surface area contributed by atoms with E-state index in [1.165, 1.54) is 17.0 Å². The van der Waals surface area contributed by atoms with Crippen LogP contribution in [0.1, 0.15) is 25.3 Å². The molecule has 0 saturated heterocycles. The number of halogens is 3. The minimum absolute atomic E-state index is 0.0767. The maximum Gasteiger partial charge on any atom is 0.416 e. The standard InChI is InChI=1S/C14H16F3N3O/c1-2-8-20(9-4-7-18)13(21)19-12-6-3-5-11(10-12)14(15,16)17/h3,5-6,10H,2,4,8-9H2,1H3,(H,19,21). The first-order valence-electron chi connectivity index (χ1n) is 6.48. The van der Waals surface area contributed by atoms with E-state index in [0.29, 0.717) is 13.0 Å². The van der Waals surface area contributed by atoms with Gasteiger partial charge < -0.3 is 10.2 Å². The Morgan fingerprint density at radius 2 is 2.10 bits per heavy atom. The Bertz CT molecular complexity index is 523. The second-order valence-corrected chi connectivity index (χ2v) is 4.40. The third kappa shape index (κ3) is 5.34. The summed E-state index contributed by atoms with van der Waals surface area (Å²) in [5, 5.41) is 11.0. The second kappa shape index (κ2) is 7.53. The molecule has 4 nitrogen and oxygen atoms in total. The number of nitrogens with zero attached hydrogens (tertiary/aromatic N) is 2. The van der Waals surface area contributed by atoms with E-state index in [-0.39, 0.29) is 18.7 Å². The zero-order valence-corrected chi connectivity index (χ0v) is 11.6. The van der Waals surface area contributed by atoms with Crippen molar-refractivity contribution in [3.8, 4) is 6.07 Å². The van der Waals surface area contributed by atoms with E-state index in [9.17, 15) is 18.0 Å². The van der Waals surface area contributed by atoms with Gasteiger partial charge in [0.05, 0.1) is 18.1 Å². The molecule has 1 N–H and O–H groups in total. The Kier molecular flexibility index (Phi) is 6.03. The van der Waals surface area contributed by atoms with E-state index < -0.39 is 17.8 Å². The molecule has 0 heterocycles. The van der Waals surface area contributed by atoms with Crippen molar-refractivity contribution in [1.29, 1.82) is 5.26 Å². The smallest absolute Gasteiger partial charge is 0.324 e. The molecule has 0 saturated carbocycles. The lowest BCUT2D eigenvalue weighted by Gasteiger charge is -2.21. The van der Waals surface area contributed by atoms with Crippen LogP contribution < -0.4 is 5.32 Å². The Hall–Kier alpha value is -2.23. The largest absolute Gasteiger partial charge is 0.416 e. The normalized spacial score (nSPS) is 10.8. The van der Waals surface area contributed by atoms with Crippen molar-refractivity contribution in [3.63, 3.8) is 0 Å². The Balaban J connectivity index is 2.79. The average molecular weight is 299 g/mol. The molecule has 0 spiro atoms. The van der Waals surface area contributed by atoms with Gasteiger partial charge in [0.1, 0.15) is 0 Å². The van der Waals surface area contributed by atoms with Crippen LogP contribution in [0.4, 0.5) is 23.7 Å². The molecule has 2 amide bonds. The van der Waals surface area contributed by atoms with Crippen LogP contribution in [0.2, 0.25) is 0 Å². The predicted octanol–water partition coefficient (Wildman–Crippen LogP) is 3.86. The molecule has 114 valence electrons. The summed E-state index contributed by atoms with van der Waals surface area (Å²) >= 11 is 0. The van der Waals surface area contributed by atoms with Crippen molar-refractivity contribution in [2.24, 2.45) is 0 Å². The van der Waals surface area contributed by atoms with Gasteiger partial charge in [0.25, 0.3) is 0 Å². The number of benzene rings is 1. The maximum absolute atomic E-state index is 12.6. The zero-order valence-electron chi connectivity index (χ0n) is 11.6. The topological polar surface area (TPSA) is 56.1 Å². The van der Waals surface area contributed by atoms with Gasteiger partial charge in [-0.05, 0) is 24.6 Å². The number of rotatable bonds is 5. The third-order valence-corrected chi connectivity index (χ3v) is 2.72. The summed E-state index contributed by atoms with van der Waals surface area (Å²) < 4.78 is 37.8. The molecule has 0 radical (unpaired) electrons. The highest BCUT2D eigenvalue weighted by Gasteiger charge is 2.30. The quantitative estimate of drug-likeness (QED) is 0.897. The number of alkyl halides is 3. The fourth-order valence-electron chi connectivity index (χ4n) is 1.75. The summed E-state index contributed by atoms with van der Waals surface area (Å²) in [6, 6.07) is 5.87. The summed E-state index contributed by atoms with van der Waals surface area (Å²) in [6.45, 7) is 2.55. The number of carbonyl (C=O) groups excluding carboxylic acids is 1. The van der Waals surface area contributed by atoms with Crippen LogP contribution in [-0.4, -0.2) is 24.0 Å². The molecule has 0 bridgehead atoms. The monoisotopic (exact) mass is 299 g/mol. The van der Waals surface area contributed by atoms with Gasteiger partial charge in [-0.2, -0.15) is 18.4 Å². The number of carbonyl (C=O) groups is 1. The van der Waals surface area contributed by atoms with Crippen molar-refractivity contribution in [3.05, 3.63) is 29.8 Å². The number of nitriles is 1. The SMILES string of the molecule is CCCN(CCC#N)C(=O)Nc1cccc(C(F)(F)F)c1. The molecule has 0 atom stereocenters. The first-order valence-corrected chi connectivity index (χ1v) is 6.48. The van der Waals surface area contributed by atoms with Crippen LogP contribution in [0.25, 0.3) is 0 Å². The first kappa shape index (κ1) is 16.8. The number of urea groups is 1. The summed E-state index contributed by atoms with van der Waals surface area (Å²) in [7, 11) is 0. The van der Waals surface area contributed by atoms with Crippen molar-refractivity contribution in [1.82, 2.24) is 4.90 Å². The summed E-state index contributed by atoms with van der Waals surface area (Å²) in [6.07, 6.45) is -3.58. The molecule has 0 unspecified atom stereocenters. The summed E-state index contributed by atoms with van der Waals surface area (Å²) in [5.41, 5.74) is -0.743. The van der Waals surface area contributed by atoms with Crippen LogP contribution in [0.3, 0.4) is 0 Å². The molecule has 1 rings (SSSR count). The number of nitrogens with one attached hydrogen (secondary N) is 1. The predicted molar refractivity (Wildman–Crippen MR) is 72.6 cm³/mol. The lowest BCUT2D eigenvalue weighted by Crippen LogP contribution is -2.36. The minimum atomic E-state index is -4.45. The van der Waals surface area contributed by atoms with Crippen molar-refractivity contribution in [2.45, 2.75) is 25.9 Å². The van der Waals surface area contributed by atoms with Gasteiger partial charge in [-0.25, -0.2) is 4.79 Å². The van der Waals surface area contributed by atoms with Gasteiger partial charge in [-0.1, -0.05) is 13.0 Å². The van der Waals surface area contributed by atoms with Crippen molar-refractivity contribution >= 4 is 11.7 Å². The molecule has 0 aliphatic heterocycles. The highest BCUT2D eigenvalue weighted by Crippen LogP contribution is 2.30. The van der Waals surface area contributed by atoms with Crippen LogP contribution in [0, 0.1) is 11.3 Å². The highest BCUT2D eigenvalue weighted by atomic mass is 19.4. The molecule has 7 heteroatoms. The summed E-state index contributed by atoms with van der Waals surface area (Å²) in [4.78, 5) is 13.4. The van der Waals surface area contributed by atoms with Crippen LogP contribution in [0.5, 0.6) is 0 Å². The van der Waals surface area contributed by atoms with Crippen LogP contribution in [-0.2, 0) is 6.18 Å². The second-order valence-electron chi connectivity index (χ2n) is 4.40. The van der Waals surface area contributed by atoms with E-state index in [1.54, 1.807) is 0 Å². The third-order valence-electron chi connectivity index (χ3n) is 2.72. The fourth-order valence-corrected chi connectivity index (χ4v) is 1.75. The number of hydrogen-bond acceptors (Lipinski definition) is 2. The van der Waals surface area contributed by atoms with Gasteiger partial charge in [0.2, 0.25) is 0 Å². The van der Waals surface area contributed by atoms with E-state index in [2.05, 4.69) is 5.32 Å². The Labute approximate surface area is 121 Å². The fraction of sp³-hybridized carbons (Fsp3) is 0.429. The molecule has 21 heavy (non-hydrogen) atoms. The Morgan fingerprint density at radius 1 is 1.38 bits per heavy atom. The van der Waals surface area contributed by atoms with Crippen molar-refractivity contribution < 1.29 is 18.0 Å². The van der Waals surface area contributed by atoms with E-state index in [4.69, 9.17) is 5.26 Å². The molecule has 0 aliphatic carbocycles. The maximum atomic E-state index is 12.6. The average Bonchev–Trinajstić information content (AvgIpc) is 2.42. The first-order chi connectivity index (χ1) is 9.88. The van der Waals surface area contributed by atoms with Crippen LogP contribution >= 0.6 is 0 Å². The van der Waals surface area contributed by atoms with E-state index in [0.717, 1.165) is 12.1 Å². The number of hydrogen-bond donors (Lipinski definition) is 1. The molecule has 1 aromatic rings. The number of anilines is 1. The van der Waals surface area contributed by atoms with Crippen molar-refractivity contribution in [2.75, 3.05) is 18.4 Å². The summed E-state index contributed by atoms with van der Waals surface area (Å²) in [5.74, 6) is 0. The highest BCUT2D eigenvalue weighted by molar-refractivity contribution is 5.89.